The summed E-state index contributed by atoms with van der Waals surface area (Å²) in [6, 6.07) is 4.99. The lowest BCUT2D eigenvalue weighted by Crippen LogP contribution is -2.35. The highest BCUT2D eigenvalue weighted by Crippen LogP contribution is 2.47. The van der Waals surface area contributed by atoms with Crippen LogP contribution in [0.25, 0.3) is 0 Å². The van der Waals surface area contributed by atoms with Crippen LogP contribution in [0, 0.1) is 5.92 Å². The maximum atomic E-state index is 13.7. The van der Waals surface area contributed by atoms with Crippen LogP contribution in [0.1, 0.15) is 36.5 Å². The van der Waals surface area contributed by atoms with Gasteiger partial charge in [0.05, 0.1) is 12.2 Å². The number of carbonyl (C=O) groups is 1. The van der Waals surface area contributed by atoms with Crippen LogP contribution in [-0.2, 0) is 15.7 Å². The highest BCUT2D eigenvalue weighted by Gasteiger charge is 2.45. The SMILES string of the molecule is CCOC(=O)C1C(C)=Nc2nc(N)nc(N)c2C1c1ccccc1C(F)(F)F. The summed E-state index contributed by atoms with van der Waals surface area (Å²) in [6.07, 6.45) is -4.64. The van der Waals surface area contributed by atoms with Gasteiger partial charge in [-0.05, 0) is 25.5 Å². The van der Waals surface area contributed by atoms with E-state index in [-0.39, 0.29) is 41.0 Å². The van der Waals surface area contributed by atoms with E-state index in [0.29, 0.717) is 0 Å². The second-order valence-corrected chi connectivity index (χ2v) is 6.25. The van der Waals surface area contributed by atoms with Crippen molar-refractivity contribution in [3.05, 3.63) is 41.0 Å². The number of fused-ring (bicyclic) bond motifs is 1. The zero-order valence-corrected chi connectivity index (χ0v) is 15.1. The molecule has 148 valence electrons. The van der Waals surface area contributed by atoms with Crippen molar-refractivity contribution in [2.75, 3.05) is 18.1 Å². The fourth-order valence-electron chi connectivity index (χ4n) is 3.42. The van der Waals surface area contributed by atoms with Crippen LogP contribution < -0.4 is 11.5 Å². The van der Waals surface area contributed by atoms with E-state index in [2.05, 4.69) is 15.0 Å². The third kappa shape index (κ3) is 3.37. The average molecular weight is 393 g/mol. The molecular weight excluding hydrogens is 375 g/mol. The van der Waals surface area contributed by atoms with E-state index in [4.69, 9.17) is 16.2 Å². The minimum Gasteiger partial charge on any atom is -0.465 e. The Kier molecular flexibility index (Phi) is 4.97. The molecule has 4 N–H and O–H groups in total. The van der Waals surface area contributed by atoms with Crippen molar-refractivity contribution in [3.63, 3.8) is 0 Å². The Labute approximate surface area is 158 Å². The number of rotatable bonds is 3. The highest BCUT2D eigenvalue weighted by atomic mass is 19.4. The number of esters is 1. The molecule has 1 aromatic heterocycles. The largest absolute Gasteiger partial charge is 0.465 e. The van der Waals surface area contributed by atoms with E-state index in [1.54, 1.807) is 6.92 Å². The Morgan fingerprint density at radius 2 is 1.89 bits per heavy atom. The number of carbonyl (C=O) groups excluding carboxylic acids is 1. The molecule has 3 rings (SSSR count). The van der Waals surface area contributed by atoms with Crippen molar-refractivity contribution in [3.8, 4) is 0 Å². The first kappa shape index (κ1) is 19.6. The van der Waals surface area contributed by atoms with Gasteiger partial charge in [-0.2, -0.15) is 23.1 Å². The minimum atomic E-state index is -4.64. The quantitative estimate of drug-likeness (QED) is 0.774. The van der Waals surface area contributed by atoms with E-state index in [0.717, 1.165) is 6.07 Å². The molecule has 1 aliphatic heterocycles. The van der Waals surface area contributed by atoms with E-state index in [1.165, 1.54) is 25.1 Å². The lowest BCUT2D eigenvalue weighted by Gasteiger charge is -2.32. The average Bonchev–Trinajstić information content (AvgIpc) is 2.59. The Balaban J connectivity index is 2.32. The smallest absolute Gasteiger partial charge is 0.416 e. The summed E-state index contributed by atoms with van der Waals surface area (Å²) < 4.78 is 46.2. The van der Waals surface area contributed by atoms with Crippen molar-refractivity contribution >= 4 is 29.3 Å². The number of benzene rings is 1. The first-order valence-electron chi connectivity index (χ1n) is 8.46. The van der Waals surface area contributed by atoms with Gasteiger partial charge in [-0.3, -0.25) is 4.79 Å². The fraction of sp³-hybridized carbons (Fsp3) is 0.333. The summed E-state index contributed by atoms with van der Waals surface area (Å²) in [4.78, 5) is 24.8. The second kappa shape index (κ2) is 7.10. The second-order valence-electron chi connectivity index (χ2n) is 6.25. The molecule has 10 heteroatoms. The number of nitrogen functional groups attached to an aromatic ring is 2. The van der Waals surface area contributed by atoms with Gasteiger partial charge in [0.25, 0.3) is 0 Å². The summed E-state index contributed by atoms with van der Waals surface area (Å²) >= 11 is 0. The molecule has 0 saturated carbocycles. The molecule has 1 aliphatic rings. The molecule has 7 nitrogen and oxygen atoms in total. The molecule has 2 atom stereocenters. The Hall–Kier alpha value is -3.17. The van der Waals surface area contributed by atoms with Gasteiger partial charge < -0.3 is 16.2 Å². The maximum absolute atomic E-state index is 13.7. The number of aromatic nitrogens is 2. The van der Waals surface area contributed by atoms with Crippen LogP contribution in [0.4, 0.5) is 30.8 Å². The van der Waals surface area contributed by atoms with Gasteiger partial charge in [-0.1, -0.05) is 18.2 Å². The van der Waals surface area contributed by atoms with Gasteiger partial charge in [0, 0.05) is 17.2 Å². The normalized spacial score (nSPS) is 19.0. The third-order valence-electron chi connectivity index (χ3n) is 4.49. The van der Waals surface area contributed by atoms with Crippen LogP contribution in [-0.4, -0.2) is 28.3 Å². The first-order chi connectivity index (χ1) is 13.1. The van der Waals surface area contributed by atoms with Crippen molar-refractivity contribution in [2.45, 2.75) is 25.9 Å². The van der Waals surface area contributed by atoms with Crippen LogP contribution in [0.3, 0.4) is 0 Å². The van der Waals surface area contributed by atoms with Crippen LogP contribution in [0.15, 0.2) is 29.3 Å². The fourth-order valence-corrected chi connectivity index (χ4v) is 3.42. The lowest BCUT2D eigenvalue weighted by molar-refractivity contribution is -0.147. The number of anilines is 2. The minimum absolute atomic E-state index is 0.0463. The molecular formula is C18H18F3N5O2. The van der Waals surface area contributed by atoms with Crippen LogP contribution >= 0.6 is 0 Å². The van der Waals surface area contributed by atoms with Gasteiger partial charge in [-0.25, -0.2) is 4.99 Å². The summed E-state index contributed by atoms with van der Waals surface area (Å²) in [5.41, 5.74) is 10.9. The molecule has 28 heavy (non-hydrogen) atoms. The molecule has 0 radical (unpaired) electrons. The first-order valence-corrected chi connectivity index (χ1v) is 8.46. The molecule has 2 unspecified atom stereocenters. The molecule has 0 saturated heterocycles. The van der Waals surface area contributed by atoms with E-state index < -0.39 is 29.5 Å². The molecule has 0 aliphatic carbocycles. The molecule has 2 aromatic rings. The van der Waals surface area contributed by atoms with Gasteiger partial charge >= 0.3 is 12.1 Å². The number of halogens is 3. The number of aliphatic imine (C=N–C) groups is 1. The number of nitrogens with zero attached hydrogens (tertiary/aromatic N) is 3. The van der Waals surface area contributed by atoms with Crippen molar-refractivity contribution in [1.29, 1.82) is 0 Å². The van der Waals surface area contributed by atoms with Crippen LogP contribution in [0.2, 0.25) is 0 Å². The molecule has 0 bridgehead atoms. The Morgan fingerprint density at radius 1 is 1.21 bits per heavy atom. The molecule has 1 aromatic carbocycles. The van der Waals surface area contributed by atoms with E-state index in [1.807, 2.05) is 0 Å². The maximum Gasteiger partial charge on any atom is 0.416 e. The lowest BCUT2D eigenvalue weighted by atomic mass is 9.75. The summed E-state index contributed by atoms with van der Waals surface area (Å²) in [6.45, 7) is 3.21. The zero-order valence-electron chi connectivity index (χ0n) is 15.1. The highest BCUT2D eigenvalue weighted by molar-refractivity contribution is 6.05. The summed E-state index contributed by atoms with van der Waals surface area (Å²) in [7, 11) is 0. The summed E-state index contributed by atoms with van der Waals surface area (Å²) in [5, 5.41) is 0. The zero-order chi connectivity index (χ0) is 20.6. The van der Waals surface area contributed by atoms with Crippen molar-refractivity contribution in [1.82, 2.24) is 9.97 Å². The third-order valence-corrected chi connectivity index (χ3v) is 4.49. The van der Waals surface area contributed by atoms with Gasteiger partial charge in [0.15, 0.2) is 5.82 Å². The standard InChI is InChI=1S/C18H18F3N5O2/c1-3-28-16(27)11-8(2)24-15-13(14(22)25-17(23)26-15)12(11)9-6-4-5-7-10(9)18(19,20)21/h4-7,11-12H,3H2,1-2H3,(H4,22,23,25,26). The predicted octanol–water partition coefficient (Wildman–Crippen LogP) is 3.08. The number of hydrogen-bond donors (Lipinski definition) is 2. The number of alkyl halides is 3. The molecule has 0 spiro atoms. The van der Waals surface area contributed by atoms with Gasteiger partial charge in [0.1, 0.15) is 11.7 Å². The Bertz CT molecular complexity index is 959. The van der Waals surface area contributed by atoms with Gasteiger partial charge in [-0.15, -0.1) is 0 Å². The van der Waals surface area contributed by atoms with E-state index in [9.17, 15) is 18.0 Å². The monoisotopic (exact) mass is 393 g/mol. The van der Waals surface area contributed by atoms with Crippen LogP contribution in [0.5, 0.6) is 0 Å². The van der Waals surface area contributed by atoms with Crippen molar-refractivity contribution < 1.29 is 22.7 Å². The Morgan fingerprint density at radius 3 is 2.54 bits per heavy atom. The molecule has 0 amide bonds. The predicted molar refractivity (Wildman–Crippen MR) is 97.0 cm³/mol. The molecule has 0 fully saturated rings. The van der Waals surface area contributed by atoms with Gasteiger partial charge in [0.2, 0.25) is 5.95 Å². The number of hydrogen-bond acceptors (Lipinski definition) is 7. The topological polar surface area (TPSA) is 116 Å². The number of nitrogens with two attached hydrogens (primary N) is 2. The van der Waals surface area contributed by atoms with Crippen molar-refractivity contribution in [2.24, 2.45) is 10.9 Å². The molecule has 2 heterocycles. The summed E-state index contributed by atoms with van der Waals surface area (Å²) in [5.74, 6) is -3.17. The van der Waals surface area contributed by atoms with E-state index >= 15 is 0 Å². The number of ether oxygens (including phenoxy) is 1.